The van der Waals surface area contributed by atoms with E-state index in [1.165, 1.54) is 10.5 Å². The Balaban J connectivity index is 1.95. The second-order valence-electron chi connectivity index (χ2n) is 6.45. The second-order valence-corrected chi connectivity index (χ2v) is 6.86. The number of hydrogen-bond donors (Lipinski definition) is 2. The van der Waals surface area contributed by atoms with Gasteiger partial charge in [-0.05, 0) is 31.5 Å². The molecule has 1 unspecified atom stereocenters. The third kappa shape index (κ3) is 3.23. The predicted octanol–water partition coefficient (Wildman–Crippen LogP) is 3.01. The lowest BCUT2D eigenvalue weighted by Crippen LogP contribution is -3.06. The van der Waals surface area contributed by atoms with Gasteiger partial charge in [-0.2, -0.15) is 0 Å². The average Bonchev–Trinajstić information content (AvgIpc) is 2.56. The van der Waals surface area contributed by atoms with Crippen LogP contribution >= 0.6 is 11.6 Å². The molecule has 0 fully saturated rings. The lowest BCUT2D eigenvalue weighted by Gasteiger charge is -2.16. The quantitative estimate of drug-likeness (QED) is 0.752. The number of aryl methyl sites for hydroxylation is 2. The first-order valence-electron chi connectivity index (χ1n) is 8.13. The molecule has 0 saturated carbocycles. The van der Waals surface area contributed by atoms with Crippen LogP contribution in [0.5, 0.6) is 0 Å². The zero-order chi connectivity index (χ0) is 17.3. The number of hydrogen-bond acceptors (Lipinski definition) is 1. The van der Waals surface area contributed by atoms with Gasteiger partial charge in [-0.1, -0.05) is 41.9 Å². The second kappa shape index (κ2) is 6.80. The normalized spacial score (nSPS) is 12.5. The minimum absolute atomic E-state index is 0.105. The molecule has 0 aliphatic carbocycles. The van der Waals surface area contributed by atoms with Crippen LogP contribution in [-0.4, -0.2) is 12.0 Å². The Morgan fingerprint density at radius 2 is 1.75 bits per heavy atom. The van der Waals surface area contributed by atoms with E-state index in [9.17, 15) is 4.79 Å². The molecule has 1 atom stereocenters. The van der Waals surface area contributed by atoms with Crippen molar-refractivity contribution in [1.29, 1.82) is 0 Å². The van der Waals surface area contributed by atoms with Gasteiger partial charge < -0.3 is 9.88 Å². The Kier molecular flexibility index (Phi) is 4.74. The molecule has 3 nitrogen and oxygen atoms in total. The predicted molar refractivity (Wildman–Crippen MR) is 99.8 cm³/mol. The smallest absolute Gasteiger partial charge is 0.198 e. The molecule has 2 N–H and O–H groups in total. The SMILES string of the molecule is Cc1[nH]c2c(C)c(Cl)ccc2c(=O)c1C[NH+](C)Cc1ccccc1. The molecule has 0 radical (unpaired) electrons. The molecule has 24 heavy (non-hydrogen) atoms. The van der Waals surface area contributed by atoms with Crippen LogP contribution < -0.4 is 10.3 Å². The highest BCUT2D eigenvalue weighted by Crippen LogP contribution is 2.22. The van der Waals surface area contributed by atoms with Crippen molar-refractivity contribution in [2.24, 2.45) is 0 Å². The molecule has 0 aliphatic heterocycles. The van der Waals surface area contributed by atoms with Crippen LogP contribution in [0.25, 0.3) is 10.9 Å². The summed E-state index contributed by atoms with van der Waals surface area (Å²) in [4.78, 5) is 17.6. The Morgan fingerprint density at radius 3 is 2.46 bits per heavy atom. The highest BCUT2D eigenvalue weighted by Gasteiger charge is 2.15. The maximum Gasteiger partial charge on any atom is 0.198 e. The molecule has 124 valence electrons. The number of halogens is 1. The van der Waals surface area contributed by atoms with Gasteiger partial charge in [-0.25, -0.2) is 0 Å². The fraction of sp³-hybridized carbons (Fsp3) is 0.250. The lowest BCUT2D eigenvalue weighted by atomic mass is 10.1. The van der Waals surface area contributed by atoms with E-state index in [0.29, 0.717) is 17.0 Å². The van der Waals surface area contributed by atoms with E-state index in [1.807, 2.05) is 38.1 Å². The van der Waals surface area contributed by atoms with Crippen molar-refractivity contribution in [2.75, 3.05) is 7.05 Å². The van der Waals surface area contributed by atoms with Gasteiger partial charge >= 0.3 is 0 Å². The van der Waals surface area contributed by atoms with E-state index >= 15 is 0 Å². The first-order chi connectivity index (χ1) is 11.5. The molecular formula is C20H22ClN2O+. The van der Waals surface area contributed by atoms with E-state index in [4.69, 9.17) is 11.6 Å². The number of nitrogens with one attached hydrogen (secondary N) is 2. The van der Waals surface area contributed by atoms with Crippen molar-refractivity contribution in [3.8, 4) is 0 Å². The van der Waals surface area contributed by atoms with Crippen molar-refractivity contribution in [1.82, 2.24) is 4.98 Å². The third-order valence-electron chi connectivity index (χ3n) is 4.51. The van der Waals surface area contributed by atoms with Crippen LogP contribution in [0.15, 0.2) is 47.3 Å². The topological polar surface area (TPSA) is 37.3 Å². The highest BCUT2D eigenvalue weighted by molar-refractivity contribution is 6.32. The monoisotopic (exact) mass is 341 g/mol. The van der Waals surface area contributed by atoms with Gasteiger partial charge in [0.1, 0.15) is 13.1 Å². The summed E-state index contributed by atoms with van der Waals surface area (Å²) in [6.45, 7) is 5.48. The molecule has 4 heteroatoms. The molecule has 0 spiro atoms. The number of benzene rings is 2. The highest BCUT2D eigenvalue weighted by atomic mass is 35.5. The summed E-state index contributed by atoms with van der Waals surface area (Å²) >= 11 is 6.18. The zero-order valence-corrected chi connectivity index (χ0v) is 15.0. The lowest BCUT2D eigenvalue weighted by molar-refractivity contribution is -0.907. The molecule has 0 amide bonds. The Hall–Kier alpha value is -2.10. The molecule has 0 bridgehead atoms. The van der Waals surface area contributed by atoms with Gasteiger partial charge in [0.15, 0.2) is 5.43 Å². The van der Waals surface area contributed by atoms with Crippen molar-refractivity contribution < 1.29 is 4.90 Å². The average molecular weight is 342 g/mol. The zero-order valence-electron chi connectivity index (χ0n) is 14.2. The van der Waals surface area contributed by atoms with Gasteiger partial charge in [0, 0.05) is 21.7 Å². The van der Waals surface area contributed by atoms with Gasteiger partial charge in [-0.15, -0.1) is 0 Å². The van der Waals surface area contributed by atoms with E-state index in [2.05, 4.69) is 24.2 Å². The molecule has 1 heterocycles. The van der Waals surface area contributed by atoms with Crippen LogP contribution in [0.3, 0.4) is 0 Å². The van der Waals surface area contributed by atoms with Crippen molar-refractivity contribution >= 4 is 22.5 Å². The summed E-state index contributed by atoms with van der Waals surface area (Å²) in [5.41, 5.74) is 4.91. The van der Waals surface area contributed by atoms with Gasteiger partial charge in [0.2, 0.25) is 0 Å². The van der Waals surface area contributed by atoms with Gasteiger partial charge in [0.05, 0.1) is 18.1 Å². The maximum atomic E-state index is 12.9. The van der Waals surface area contributed by atoms with Crippen molar-refractivity contribution in [3.05, 3.63) is 80.1 Å². The third-order valence-corrected chi connectivity index (χ3v) is 4.92. The van der Waals surface area contributed by atoms with Crippen LogP contribution in [-0.2, 0) is 13.1 Å². The standard InChI is InChI=1S/C20H21ClN2O/c1-13-18(21)10-9-16-19(13)22-14(2)17(20(16)24)12-23(3)11-15-7-5-4-6-8-15/h4-10H,11-12H2,1-3H3,(H,22,24)/p+1. The summed E-state index contributed by atoms with van der Waals surface area (Å²) in [6.07, 6.45) is 0. The van der Waals surface area contributed by atoms with Crippen LogP contribution in [0.4, 0.5) is 0 Å². The van der Waals surface area contributed by atoms with Crippen LogP contribution in [0, 0.1) is 13.8 Å². The van der Waals surface area contributed by atoms with Gasteiger partial charge in [0.25, 0.3) is 0 Å². The maximum absolute atomic E-state index is 12.9. The summed E-state index contributed by atoms with van der Waals surface area (Å²) in [7, 11) is 2.11. The fourth-order valence-corrected chi connectivity index (χ4v) is 3.31. The number of quaternary nitrogens is 1. The number of aromatic amines is 1. The molecule has 2 aromatic carbocycles. The fourth-order valence-electron chi connectivity index (χ4n) is 3.15. The molecule has 3 rings (SSSR count). The first kappa shape index (κ1) is 16.7. The molecule has 0 aliphatic rings. The summed E-state index contributed by atoms with van der Waals surface area (Å²) in [6, 6.07) is 14.0. The van der Waals surface area contributed by atoms with Crippen LogP contribution in [0.1, 0.15) is 22.4 Å². The Morgan fingerprint density at radius 1 is 1.04 bits per heavy atom. The van der Waals surface area contributed by atoms with Crippen molar-refractivity contribution in [3.63, 3.8) is 0 Å². The Bertz CT molecular complexity index is 932. The summed E-state index contributed by atoms with van der Waals surface area (Å²) in [5, 5.41) is 1.39. The number of aromatic nitrogens is 1. The molecule has 0 saturated heterocycles. The number of H-pyrrole nitrogens is 1. The van der Waals surface area contributed by atoms with Gasteiger partial charge in [-0.3, -0.25) is 4.79 Å². The minimum atomic E-state index is 0.105. The number of rotatable bonds is 4. The largest absolute Gasteiger partial charge is 0.358 e. The Labute approximate surface area is 146 Å². The summed E-state index contributed by atoms with van der Waals surface area (Å²) in [5.74, 6) is 0. The number of fused-ring (bicyclic) bond motifs is 1. The van der Waals surface area contributed by atoms with E-state index in [1.54, 1.807) is 6.07 Å². The molecule has 3 aromatic rings. The first-order valence-corrected chi connectivity index (χ1v) is 8.51. The van der Waals surface area contributed by atoms with Crippen molar-refractivity contribution in [2.45, 2.75) is 26.9 Å². The van der Waals surface area contributed by atoms with Crippen LogP contribution in [0.2, 0.25) is 5.02 Å². The van der Waals surface area contributed by atoms with E-state index < -0.39 is 0 Å². The van der Waals surface area contributed by atoms with E-state index in [-0.39, 0.29) is 5.43 Å². The number of pyridine rings is 1. The minimum Gasteiger partial charge on any atom is -0.358 e. The summed E-state index contributed by atoms with van der Waals surface area (Å²) < 4.78 is 0. The van der Waals surface area contributed by atoms with E-state index in [0.717, 1.165) is 28.9 Å². The molecule has 1 aromatic heterocycles. The molecular weight excluding hydrogens is 320 g/mol.